The van der Waals surface area contributed by atoms with Gasteiger partial charge in [-0.15, -0.1) is 0 Å². The van der Waals surface area contributed by atoms with Crippen LogP contribution < -0.4 is 4.72 Å². The maximum absolute atomic E-state index is 11.9. The van der Waals surface area contributed by atoms with E-state index < -0.39 is 10.0 Å². The van der Waals surface area contributed by atoms with Crippen LogP contribution in [0.1, 0.15) is 6.92 Å². The molecule has 2 aromatic rings. The number of hydrogen-bond acceptors (Lipinski definition) is 3. The van der Waals surface area contributed by atoms with E-state index in [1.54, 1.807) is 6.20 Å². The van der Waals surface area contributed by atoms with Gasteiger partial charge in [-0.1, -0.05) is 30.4 Å². The molecule has 4 nitrogen and oxygen atoms in total. The van der Waals surface area contributed by atoms with E-state index in [1.165, 1.54) is 7.05 Å². The van der Waals surface area contributed by atoms with Crippen molar-refractivity contribution in [2.75, 3.05) is 7.05 Å². The second kappa shape index (κ2) is 4.79. The van der Waals surface area contributed by atoms with Crippen LogP contribution in [0.2, 0.25) is 0 Å². The lowest BCUT2D eigenvalue weighted by atomic mass is 10.2. The molecule has 1 heterocycles. The first-order valence-corrected chi connectivity index (χ1v) is 7.46. The molecule has 0 aliphatic rings. The molecule has 1 N–H and O–H groups in total. The van der Waals surface area contributed by atoms with E-state index in [0.29, 0.717) is 11.1 Å². The summed E-state index contributed by atoms with van der Waals surface area (Å²) in [5.74, 6) is 0. The van der Waals surface area contributed by atoms with Gasteiger partial charge in [0.05, 0.1) is 4.51 Å². The first kappa shape index (κ1) is 13.2. The zero-order chi connectivity index (χ0) is 13.3. The van der Waals surface area contributed by atoms with Crippen LogP contribution in [-0.4, -0.2) is 20.0 Å². The first-order chi connectivity index (χ1) is 8.51. The number of fused-ring (bicyclic) bond motifs is 1. The molecule has 1 aromatic carbocycles. The maximum Gasteiger partial charge on any atom is 0.243 e. The molecule has 0 aliphatic carbocycles. The fourth-order valence-corrected chi connectivity index (χ4v) is 3.28. The van der Waals surface area contributed by atoms with Crippen LogP contribution in [0.25, 0.3) is 10.9 Å². The minimum atomic E-state index is -3.53. The molecule has 6 heteroatoms. The number of aryl methyl sites for hydroxylation is 1. The minimum absolute atomic E-state index is 0.153. The monoisotopic (exact) mass is 282 g/mol. The fourth-order valence-electron chi connectivity index (χ4n) is 1.88. The molecule has 0 atom stereocenters. The SMILES string of the molecule is CCn1cc(S(=O)(=O)NC)c(=S)c2ccccc21. The summed E-state index contributed by atoms with van der Waals surface area (Å²) in [6.45, 7) is 2.65. The van der Waals surface area contributed by atoms with Gasteiger partial charge in [0.2, 0.25) is 10.0 Å². The molecule has 0 saturated carbocycles. The summed E-state index contributed by atoms with van der Waals surface area (Å²) in [7, 11) is -2.14. The van der Waals surface area contributed by atoms with Gasteiger partial charge in [0.25, 0.3) is 0 Å². The minimum Gasteiger partial charge on any atom is -0.346 e. The number of rotatable bonds is 3. The summed E-state index contributed by atoms with van der Waals surface area (Å²) in [6, 6.07) is 7.55. The molecule has 1 aromatic heterocycles. The van der Waals surface area contributed by atoms with Gasteiger partial charge in [0.15, 0.2) is 0 Å². The van der Waals surface area contributed by atoms with Crippen molar-refractivity contribution >= 4 is 33.1 Å². The molecule has 0 fully saturated rings. The molecule has 0 radical (unpaired) electrons. The van der Waals surface area contributed by atoms with Crippen molar-refractivity contribution in [3.8, 4) is 0 Å². The van der Waals surface area contributed by atoms with E-state index in [2.05, 4.69) is 4.72 Å². The van der Waals surface area contributed by atoms with Crippen LogP contribution in [-0.2, 0) is 16.6 Å². The summed E-state index contributed by atoms with van der Waals surface area (Å²) >= 11 is 5.28. The number of aromatic nitrogens is 1. The molecular weight excluding hydrogens is 268 g/mol. The van der Waals surface area contributed by atoms with Gasteiger partial charge in [-0.25, -0.2) is 13.1 Å². The topological polar surface area (TPSA) is 51.1 Å². The molecule has 18 heavy (non-hydrogen) atoms. The van der Waals surface area contributed by atoms with E-state index >= 15 is 0 Å². The number of benzene rings is 1. The molecular formula is C12H14N2O2S2. The van der Waals surface area contributed by atoms with Crippen molar-refractivity contribution in [2.24, 2.45) is 0 Å². The Morgan fingerprint density at radius 3 is 2.61 bits per heavy atom. The maximum atomic E-state index is 11.9. The predicted octanol–water partition coefficient (Wildman–Crippen LogP) is 2.30. The highest BCUT2D eigenvalue weighted by Crippen LogP contribution is 2.22. The standard InChI is InChI=1S/C12H14N2O2S2/c1-3-14-8-11(18(15,16)13-2)12(17)9-6-4-5-7-10(9)14/h4-8,13H,3H2,1-2H3. The molecule has 96 valence electrons. The Balaban J connectivity index is 2.95. The largest absolute Gasteiger partial charge is 0.346 e. The third-order valence-corrected chi connectivity index (χ3v) is 4.85. The Morgan fingerprint density at radius 2 is 2.00 bits per heavy atom. The van der Waals surface area contributed by atoms with E-state index in [0.717, 1.165) is 10.9 Å². The Morgan fingerprint density at radius 1 is 1.33 bits per heavy atom. The summed E-state index contributed by atoms with van der Waals surface area (Å²) in [4.78, 5) is 0.153. The summed E-state index contributed by atoms with van der Waals surface area (Å²) in [6.07, 6.45) is 1.59. The lowest BCUT2D eigenvalue weighted by molar-refractivity contribution is 0.586. The zero-order valence-electron chi connectivity index (χ0n) is 10.2. The average molecular weight is 282 g/mol. The molecule has 0 bridgehead atoms. The second-order valence-corrected chi connectivity index (χ2v) is 6.10. The number of pyridine rings is 1. The van der Waals surface area contributed by atoms with Crippen molar-refractivity contribution in [1.82, 2.24) is 9.29 Å². The summed E-state index contributed by atoms with van der Waals surface area (Å²) < 4.78 is 28.4. The second-order valence-electron chi connectivity index (χ2n) is 3.83. The van der Waals surface area contributed by atoms with Crippen LogP contribution in [0.5, 0.6) is 0 Å². The molecule has 2 rings (SSSR count). The van der Waals surface area contributed by atoms with Gasteiger partial charge in [0.1, 0.15) is 4.90 Å². The number of sulfonamides is 1. The molecule has 0 amide bonds. The van der Waals surface area contributed by atoms with Crippen molar-refractivity contribution in [3.05, 3.63) is 35.0 Å². The fraction of sp³-hybridized carbons (Fsp3) is 0.250. The molecule has 0 saturated heterocycles. The van der Waals surface area contributed by atoms with Crippen molar-refractivity contribution in [3.63, 3.8) is 0 Å². The Hall–Kier alpha value is -1.24. The highest BCUT2D eigenvalue weighted by Gasteiger charge is 2.16. The van der Waals surface area contributed by atoms with Gasteiger partial charge in [-0.05, 0) is 20.0 Å². The van der Waals surface area contributed by atoms with Gasteiger partial charge in [-0.3, -0.25) is 0 Å². The van der Waals surface area contributed by atoms with Gasteiger partial charge in [-0.2, -0.15) is 0 Å². The van der Waals surface area contributed by atoms with Crippen LogP contribution in [0.15, 0.2) is 35.4 Å². The van der Waals surface area contributed by atoms with Crippen LogP contribution in [0.4, 0.5) is 0 Å². The number of hydrogen-bond donors (Lipinski definition) is 1. The van der Waals surface area contributed by atoms with Crippen molar-refractivity contribution in [2.45, 2.75) is 18.4 Å². The average Bonchev–Trinajstić information content (AvgIpc) is 2.39. The normalized spacial score (nSPS) is 11.9. The lowest BCUT2D eigenvalue weighted by Gasteiger charge is -2.12. The van der Waals surface area contributed by atoms with E-state index in [-0.39, 0.29) is 4.90 Å². The number of para-hydroxylation sites is 1. The smallest absolute Gasteiger partial charge is 0.243 e. The van der Waals surface area contributed by atoms with E-state index in [4.69, 9.17) is 12.2 Å². The third-order valence-electron chi connectivity index (χ3n) is 2.85. The Labute approximate surface area is 111 Å². The van der Waals surface area contributed by atoms with Crippen LogP contribution in [0.3, 0.4) is 0 Å². The first-order valence-electron chi connectivity index (χ1n) is 5.57. The molecule has 0 unspecified atom stereocenters. The lowest BCUT2D eigenvalue weighted by Crippen LogP contribution is -2.20. The summed E-state index contributed by atoms with van der Waals surface area (Å²) in [5, 5.41) is 0.783. The van der Waals surface area contributed by atoms with Crippen molar-refractivity contribution in [1.29, 1.82) is 0 Å². The summed E-state index contributed by atoms with van der Waals surface area (Å²) in [5.41, 5.74) is 0.944. The highest BCUT2D eigenvalue weighted by atomic mass is 32.2. The van der Waals surface area contributed by atoms with Gasteiger partial charge < -0.3 is 4.57 Å². The Kier molecular flexibility index (Phi) is 3.52. The van der Waals surface area contributed by atoms with Crippen LogP contribution in [0, 0.1) is 4.51 Å². The van der Waals surface area contributed by atoms with Gasteiger partial charge in [0, 0.05) is 23.6 Å². The molecule has 0 spiro atoms. The predicted molar refractivity (Wildman–Crippen MR) is 74.7 cm³/mol. The highest BCUT2D eigenvalue weighted by molar-refractivity contribution is 7.89. The Bertz CT molecular complexity index is 748. The van der Waals surface area contributed by atoms with E-state index in [1.807, 2.05) is 35.8 Å². The quantitative estimate of drug-likeness (QED) is 0.879. The van der Waals surface area contributed by atoms with Crippen molar-refractivity contribution < 1.29 is 8.42 Å². The van der Waals surface area contributed by atoms with Gasteiger partial charge >= 0.3 is 0 Å². The third kappa shape index (κ3) is 2.07. The zero-order valence-corrected chi connectivity index (χ0v) is 11.8. The number of nitrogens with zero attached hydrogens (tertiary/aromatic N) is 1. The van der Waals surface area contributed by atoms with E-state index in [9.17, 15) is 8.42 Å². The number of nitrogens with one attached hydrogen (secondary N) is 1. The van der Waals surface area contributed by atoms with Crippen LogP contribution >= 0.6 is 12.2 Å². The molecule has 0 aliphatic heterocycles.